The smallest absolute Gasteiger partial charge is 0.224 e. The molecule has 88 valence electrons. The highest BCUT2D eigenvalue weighted by atomic mass is 35.5. The van der Waals surface area contributed by atoms with Gasteiger partial charge >= 0.3 is 0 Å². The molecular formula is C11H17ClN4. The van der Waals surface area contributed by atoms with Crippen LogP contribution < -0.4 is 5.32 Å². The summed E-state index contributed by atoms with van der Waals surface area (Å²) < 4.78 is 0. The minimum atomic E-state index is 0.297. The monoisotopic (exact) mass is 240 g/mol. The van der Waals surface area contributed by atoms with Gasteiger partial charge in [0.15, 0.2) is 0 Å². The maximum absolute atomic E-state index is 5.75. The lowest BCUT2D eigenvalue weighted by Crippen LogP contribution is -2.43. The number of halogens is 1. The largest absolute Gasteiger partial charge is 0.367 e. The van der Waals surface area contributed by atoms with Crippen molar-refractivity contribution in [3.8, 4) is 0 Å². The van der Waals surface area contributed by atoms with Crippen molar-refractivity contribution in [3.05, 3.63) is 17.5 Å². The molecule has 1 saturated heterocycles. The zero-order valence-corrected chi connectivity index (χ0v) is 10.4. The molecule has 0 radical (unpaired) electrons. The Morgan fingerprint density at radius 1 is 1.56 bits per heavy atom. The Morgan fingerprint density at radius 2 is 2.38 bits per heavy atom. The third kappa shape index (κ3) is 2.83. The van der Waals surface area contributed by atoms with E-state index in [0.29, 0.717) is 17.2 Å². The van der Waals surface area contributed by atoms with Gasteiger partial charge in [0.2, 0.25) is 5.28 Å². The molecule has 1 fully saturated rings. The van der Waals surface area contributed by atoms with E-state index in [4.69, 9.17) is 11.6 Å². The molecule has 0 aromatic carbocycles. The van der Waals surface area contributed by atoms with Crippen molar-refractivity contribution >= 4 is 17.4 Å². The van der Waals surface area contributed by atoms with E-state index < -0.39 is 0 Å². The van der Waals surface area contributed by atoms with Crippen molar-refractivity contribution in [2.75, 3.05) is 25.5 Å². The first-order chi connectivity index (χ1) is 7.65. The van der Waals surface area contributed by atoms with E-state index in [1.807, 2.05) is 6.07 Å². The van der Waals surface area contributed by atoms with E-state index in [0.717, 1.165) is 25.3 Å². The Morgan fingerprint density at radius 3 is 3.06 bits per heavy atom. The molecule has 0 saturated carbocycles. The van der Waals surface area contributed by atoms with Crippen molar-refractivity contribution in [1.29, 1.82) is 0 Å². The van der Waals surface area contributed by atoms with Crippen LogP contribution in [0.3, 0.4) is 0 Å². The van der Waals surface area contributed by atoms with Crippen LogP contribution in [0.1, 0.15) is 13.3 Å². The second kappa shape index (κ2) is 4.97. The van der Waals surface area contributed by atoms with Crippen LogP contribution in [-0.2, 0) is 0 Å². The zero-order valence-electron chi connectivity index (χ0n) is 9.65. The highest BCUT2D eigenvalue weighted by Crippen LogP contribution is 2.19. The van der Waals surface area contributed by atoms with Crippen LogP contribution in [-0.4, -0.2) is 41.0 Å². The Balaban J connectivity index is 1.99. The minimum Gasteiger partial charge on any atom is -0.367 e. The molecule has 0 bridgehead atoms. The van der Waals surface area contributed by atoms with Crippen molar-refractivity contribution < 1.29 is 0 Å². The summed E-state index contributed by atoms with van der Waals surface area (Å²) in [5.41, 5.74) is 0. The maximum Gasteiger partial charge on any atom is 0.224 e. The van der Waals surface area contributed by atoms with Crippen LogP contribution in [0, 0.1) is 5.92 Å². The summed E-state index contributed by atoms with van der Waals surface area (Å²) in [7, 11) is 2.16. The molecule has 2 unspecified atom stereocenters. The van der Waals surface area contributed by atoms with Crippen LogP contribution >= 0.6 is 11.6 Å². The summed E-state index contributed by atoms with van der Waals surface area (Å²) >= 11 is 5.75. The number of nitrogens with one attached hydrogen (secondary N) is 1. The summed E-state index contributed by atoms with van der Waals surface area (Å²) in [4.78, 5) is 10.4. The molecule has 2 atom stereocenters. The topological polar surface area (TPSA) is 41.0 Å². The second-order valence-corrected chi connectivity index (χ2v) is 4.83. The molecule has 0 amide bonds. The number of hydrogen-bond donors (Lipinski definition) is 1. The third-order valence-corrected chi connectivity index (χ3v) is 3.25. The van der Waals surface area contributed by atoms with E-state index in [-0.39, 0.29) is 0 Å². The van der Waals surface area contributed by atoms with Gasteiger partial charge in [-0.05, 0) is 43.6 Å². The number of piperidine rings is 1. The fraction of sp³-hybridized carbons (Fsp3) is 0.636. The van der Waals surface area contributed by atoms with Gasteiger partial charge in [0, 0.05) is 18.8 Å². The van der Waals surface area contributed by atoms with Crippen molar-refractivity contribution in [2.45, 2.75) is 19.4 Å². The number of rotatable bonds is 2. The van der Waals surface area contributed by atoms with Crippen molar-refractivity contribution in [1.82, 2.24) is 14.9 Å². The Labute approximate surface area is 101 Å². The highest BCUT2D eigenvalue weighted by molar-refractivity contribution is 6.28. The first-order valence-corrected chi connectivity index (χ1v) is 5.96. The molecule has 1 N–H and O–H groups in total. The number of anilines is 1. The van der Waals surface area contributed by atoms with Gasteiger partial charge in [-0.1, -0.05) is 6.92 Å². The molecule has 16 heavy (non-hydrogen) atoms. The average Bonchev–Trinajstić information content (AvgIpc) is 2.22. The first-order valence-electron chi connectivity index (χ1n) is 5.59. The van der Waals surface area contributed by atoms with E-state index in [2.05, 4.69) is 34.2 Å². The Hall–Kier alpha value is -0.870. The fourth-order valence-electron chi connectivity index (χ4n) is 2.17. The van der Waals surface area contributed by atoms with Gasteiger partial charge in [0.05, 0.1) is 0 Å². The standard InChI is InChI=1S/C11H17ClN4/c1-8-7-16(2)6-4-9(8)14-10-3-5-13-11(12)15-10/h3,5,8-9H,4,6-7H2,1-2H3,(H,13,14,15). The van der Waals surface area contributed by atoms with Crippen LogP contribution in [0.25, 0.3) is 0 Å². The maximum atomic E-state index is 5.75. The SMILES string of the molecule is CC1CN(C)CCC1Nc1ccnc(Cl)n1. The quantitative estimate of drug-likeness (QED) is 0.802. The molecule has 1 aliphatic rings. The third-order valence-electron chi connectivity index (χ3n) is 3.07. The van der Waals surface area contributed by atoms with Gasteiger partial charge < -0.3 is 10.2 Å². The van der Waals surface area contributed by atoms with Crippen LogP contribution in [0.15, 0.2) is 12.3 Å². The van der Waals surface area contributed by atoms with Gasteiger partial charge in [-0.15, -0.1) is 0 Å². The molecule has 1 aromatic heterocycles. The van der Waals surface area contributed by atoms with E-state index in [1.165, 1.54) is 0 Å². The predicted molar refractivity (Wildman–Crippen MR) is 65.7 cm³/mol. The highest BCUT2D eigenvalue weighted by Gasteiger charge is 2.24. The van der Waals surface area contributed by atoms with Crippen LogP contribution in [0.4, 0.5) is 5.82 Å². The Bertz CT molecular complexity index is 358. The summed E-state index contributed by atoms with van der Waals surface area (Å²) in [6.07, 6.45) is 2.82. The van der Waals surface area contributed by atoms with Crippen molar-refractivity contribution in [2.24, 2.45) is 5.92 Å². The lowest BCUT2D eigenvalue weighted by Gasteiger charge is -2.35. The first kappa shape index (κ1) is 11.6. The number of nitrogens with zero attached hydrogens (tertiary/aromatic N) is 3. The van der Waals surface area contributed by atoms with Gasteiger partial charge in [0.25, 0.3) is 0 Å². The van der Waals surface area contributed by atoms with E-state index >= 15 is 0 Å². The summed E-state index contributed by atoms with van der Waals surface area (Å²) in [5, 5.41) is 3.73. The molecule has 5 heteroatoms. The molecule has 2 rings (SSSR count). The molecule has 0 spiro atoms. The lowest BCUT2D eigenvalue weighted by molar-refractivity contribution is 0.206. The Kier molecular flexibility index (Phi) is 3.61. The summed E-state index contributed by atoms with van der Waals surface area (Å²) in [6.45, 7) is 4.51. The van der Waals surface area contributed by atoms with Gasteiger partial charge in [-0.2, -0.15) is 0 Å². The van der Waals surface area contributed by atoms with E-state index in [1.54, 1.807) is 6.20 Å². The van der Waals surface area contributed by atoms with Crippen LogP contribution in [0.5, 0.6) is 0 Å². The summed E-state index contributed by atoms with van der Waals surface area (Å²) in [5.74, 6) is 1.44. The van der Waals surface area contributed by atoms with Gasteiger partial charge in [0.1, 0.15) is 5.82 Å². The minimum absolute atomic E-state index is 0.297. The molecule has 4 nitrogen and oxygen atoms in total. The molecule has 0 aliphatic carbocycles. The lowest BCUT2D eigenvalue weighted by atomic mass is 9.94. The molecule has 1 aliphatic heterocycles. The molecule has 2 heterocycles. The van der Waals surface area contributed by atoms with Crippen LogP contribution in [0.2, 0.25) is 5.28 Å². The fourth-order valence-corrected chi connectivity index (χ4v) is 2.32. The van der Waals surface area contributed by atoms with Gasteiger partial charge in [-0.25, -0.2) is 9.97 Å². The molecular weight excluding hydrogens is 224 g/mol. The predicted octanol–water partition coefficient (Wildman–Crippen LogP) is 1.88. The number of likely N-dealkylation sites (tertiary alicyclic amines) is 1. The molecule has 1 aromatic rings. The summed E-state index contributed by atoms with van der Waals surface area (Å²) in [6, 6.07) is 2.33. The average molecular weight is 241 g/mol. The van der Waals surface area contributed by atoms with Crippen molar-refractivity contribution in [3.63, 3.8) is 0 Å². The normalized spacial score (nSPS) is 26.7. The van der Waals surface area contributed by atoms with E-state index in [9.17, 15) is 0 Å². The second-order valence-electron chi connectivity index (χ2n) is 4.49. The zero-order chi connectivity index (χ0) is 11.5. The number of hydrogen-bond acceptors (Lipinski definition) is 4. The van der Waals surface area contributed by atoms with Gasteiger partial charge in [-0.3, -0.25) is 0 Å². The number of aromatic nitrogens is 2.